The summed E-state index contributed by atoms with van der Waals surface area (Å²) < 4.78 is 17.3. The molecule has 1 N–H and O–H groups in total. The zero-order valence-corrected chi connectivity index (χ0v) is 18.9. The number of carbonyl (C=O) groups is 2. The zero-order valence-electron chi connectivity index (χ0n) is 18.9. The molecule has 4 rings (SSSR count). The Kier molecular flexibility index (Phi) is 6.11. The number of rotatable bonds is 6. The van der Waals surface area contributed by atoms with Crippen molar-refractivity contribution < 1.29 is 28.6 Å². The minimum Gasteiger partial charge on any atom is -0.507 e. The van der Waals surface area contributed by atoms with E-state index in [1.54, 1.807) is 37.3 Å². The van der Waals surface area contributed by atoms with Crippen molar-refractivity contribution in [2.75, 3.05) is 13.2 Å². The second kappa shape index (κ2) is 8.82. The van der Waals surface area contributed by atoms with Crippen LogP contribution in [0.1, 0.15) is 55.4 Å². The van der Waals surface area contributed by atoms with Gasteiger partial charge in [0.05, 0.1) is 17.8 Å². The minimum absolute atomic E-state index is 0.0125. The van der Waals surface area contributed by atoms with E-state index in [9.17, 15) is 14.7 Å². The SMILES string of the molecule is Cc1ccc(C2/C(=C(/O)c3ccc(OC(C)C)c(C)c3)C(=O)C(=O)N2CC2CCCO2)o1. The number of amides is 1. The van der Waals surface area contributed by atoms with Gasteiger partial charge in [-0.2, -0.15) is 0 Å². The Labute approximate surface area is 187 Å². The van der Waals surface area contributed by atoms with Crippen LogP contribution >= 0.6 is 0 Å². The van der Waals surface area contributed by atoms with Crippen molar-refractivity contribution in [3.05, 3.63) is 58.6 Å². The predicted molar refractivity (Wildman–Crippen MR) is 118 cm³/mol. The summed E-state index contributed by atoms with van der Waals surface area (Å²) in [5, 5.41) is 11.2. The maximum absolute atomic E-state index is 13.1. The number of nitrogens with zero attached hydrogens (tertiary/aromatic N) is 1. The Balaban J connectivity index is 1.77. The van der Waals surface area contributed by atoms with E-state index >= 15 is 0 Å². The van der Waals surface area contributed by atoms with E-state index in [1.807, 2.05) is 20.8 Å². The molecule has 1 amide bonds. The van der Waals surface area contributed by atoms with Crippen LogP contribution in [0.5, 0.6) is 5.75 Å². The number of likely N-dealkylation sites (tertiary alicyclic amines) is 1. The Morgan fingerprint density at radius 1 is 1.22 bits per heavy atom. The smallest absolute Gasteiger partial charge is 0.295 e. The van der Waals surface area contributed by atoms with Gasteiger partial charge in [0.1, 0.15) is 29.1 Å². The number of benzene rings is 1. The monoisotopic (exact) mass is 439 g/mol. The number of ether oxygens (including phenoxy) is 2. The van der Waals surface area contributed by atoms with Gasteiger partial charge >= 0.3 is 0 Å². The number of hydrogen-bond donors (Lipinski definition) is 1. The number of carbonyl (C=O) groups excluding carboxylic acids is 2. The maximum atomic E-state index is 13.1. The summed E-state index contributed by atoms with van der Waals surface area (Å²) in [6.45, 7) is 8.46. The van der Waals surface area contributed by atoms with E-state index in [-0.39, 0.29) is 30.1 Å². The molecule has 2 atom stereocenters. The second-order valence-corrected chi connectivity index (χ2v) is 8.68. The summed E-state index contributed by atoms with van der Waals surface area (Å²) in [5.41, 5.74) is 1.29. The molecule has 0 spiro atoms. The molecule has 2 aliphatic heterocycles. The van der Waals surface area contributed by atoms with Gasteiger partial charge in [-0.05, 0) is 76.4 Å². The fraction of sp³-hybridized carbons (Fsp3) is 0.440. The van der Waals surface area contributed by atoms with Gasteiger partial charge < -0.3 is 23.9 Å². The van der Waals surface area contributed by atoms with Crippen LogP contribution < -0.4 is 4.74 Å². The molecule has 2 saturated heterocycles. The molecule has 0 saturated carbocycles. The number of aliphatic hydroxyl groups is 1. The predicted octanol–water partition coefficient (Wildman–Crippen LogP) is 4.28. The van der Waals surface area contributed by atoms with Crippen molar-refractivity contribution in [1.29, 1.82) is 0 Å². The third kappa shape index (κ3) is 4.17. The fourth-order valence-electron chi connectivity index (χ4n) is 4.31. The van der Waals surface area contributed by atoms with Crippen molar-refractivity contribution >= 4 is 17.4 Å². The van der Waals surface area contributed by atoms with Gasteiger partial charge in [-0.3, -0.25) is 9.59 Å². The molecule has 32 heavy (non-hydrogen) atoms. The van der Waals surface area contributed by atoms with Crippen LogP contribution in [0, 0.1) is 13.8 Å². The van der Waals surface area contributed by atoms with Crippen molar-refractivity contribution in [3.63, 3.8) is 0 Å². The number of aliphatic hydroxyl groups excluding tert-OH is 1. The fourth-order valence-corrected chi connectivity index (χ4v) is 4.31. The van der Waals surface area contributed by atoms with Crippen LogP contribution in [-0.4, -0.2) is 47.1 Å². The molecule has 3 heterocycles. The molecule has 0 aliphatic carbocycles. The average molecular weight is 440 g/mol. The third-order valence-electron chi connectivity index (χ3n) is 5.81. The van der Waals surface area contributed by atoms with Gasteiger partial charge in [-0.1, -0.05) is 0 Å². The molecule has 0 bridgehead atoms. The highest BCUT2D eigenvalue weighted by Gasteiger charge is 2.48. The molecule has 2 unspecified atom stereocenters. The number of hydrogen-bond acceptors (Lipinski definition) is 6. The molecule has 2 aliphatic rings. The lowest BCUT2D eigenvalue weighted by Gasteiger charge is -2.25. The normalized spacial score (nSPS) is 22.8. The standard InChI is InChI=1S/C25H29NO6/c1-14(2)31-19-10-8-17(12-15(19)3)23(27)21-22(20-9-7-16(4)32-20)26(25(29)24(21)28)13-18-6-5-11-30-18/h7-10,12,14,18,22,27H,5-6,11,13H2,1-4H3/b23-21-. The minimum atomic E-state index is -0.806. The highest BCUT2D eigenvalue weighted by Crippen LogP contribution is 2.41. The summed E-state index contributed by atoms with van der Waals surface area (Å²) in [7, 11) is 0. The van der Waals surface area contributed by atoms with E-state index in [4.69, 9.17) is 13.9 Å². The Bertz CT molecular complexity index is 1060. The number of aryl methyl sites for hydroxylation is 2. The first-order valence-electron chi connectivity index (χ1n) is 11.0. The molecule has 7 heteroatoms. The Morgan fingerprint density at radius 3 is 2.59 bits per heavy atom. The van der Waals surface area contributed by atoms with E-state index in [0.717, 1.165) is 18.4 Å². The molecular weight excluding hydrogens is 410 g/mol. The number of furan rings is 1. The van der Waals surface area contributed by atoms with Crippen LogP contribution in [-0.2, 0) is 14.3 Å². The van der Waals surface area contributed by atoms with Gasteiger partial charge in [-0.25, -0.2) is 0 Å². The lowest BCUT2D eigenvalue weighted by molar-refractivity contribution is -0.141. The number of Topliss-reactive ketones (excluding diaryl/α,β-unsaturated/α-hetero) is 1. The quantitative estimate of drug-likeness (QED) is 0.410. The summed E-state index contributed by atoms with van der Waals surface area (Å²) in [5.74, 6) is 0.203. The molecule has 2 fully saturated rings. The van der Waals surface area contributed by atoms with Crippen LogP contribution in [0.4, 0.5) is 0 Å². The van der Waals surface area contributed by atoms with Crippen LogP contribution in [0.2, 0.25) is 0 Å². The van der Waals surface area contributed by atoms with Gasteiger partial charge in [0.2, 0.25) is 0 Å². The largest absolute Gasteiger partial charge is 0.507 e. The van der Waals surface area contributed by atoms with Crippen molar-refractivity contribution in [3.8, 4) is 5.75 Å². The van der Waals surface area contributed by atoms with Gasteiger partial charge in [0.15, 0.2) is 0 Å². The molecule has 1 aromatic heterocycles. The summed E-state index contributed by atoms with van der Waals surface area (Å²) >= 11 is 0. The van der Waals surface area contributed by atoms with Crippen LogP contribution in [0.3, 0.4) is 0 Å². The van der Waals surface area contributed by atoms with Crippen LogP contribution in [0.25, 0.3) is 5.76 Å². The van der Waals surface area contributed by atoms with Gasteiger partial charge in [-0.15, -0.1) is 0 Å². The lowest BCUT2D eigenvalue weighted by atomic mass is 9.98. The van der Waals surface area contributed by atoms with E-state index in [1.165, 1.54) is 4.90 Å². The highest BCUT2D eigenvalue weighted by atomic mass is 16.5. The first-order valence-corrected chi connectivity index (χ1v) is 11.0. The van der Waals surface area contributed by atoms with E-state index < -0.39 is 17.7 Å². The number of ketones is 1. The molecule has 7 nitrogen and oxygen atoms in total. The third-order valence-corrected chi connectivity index (χ3v) is 5.81. The zero-order chi connectivity index (χ0) is 23.0. The summed E-state index contributed by atoms with van der Waals surface area (Å²) in [6, 6.07) is 7.93. The maximum Gasteiger partial charge on any atom is 0.295 e. The molecule has 2 aromatic rings. The second-order valence-electron chi connectivity index (χ2n) is 8.68. The van der Waals surface area contributed by atoms with Crippen LogP contribution in [0.15, 0.2) is 40.3 Å². The topological polar surface area (TPSA) is 89.2 Å². The first-order chi connectivity index (χ1) is 15.3. The summed E-state index contributed by atoms with van der Waals surface area (Å²) in [6.07, 6.45) is 1.62. The van der Waals surface area contributed by atoms with E-state index in [2.05, 4.69) is 0 Å². The van der Waals surface area contributed by atoms with Gasteiger partial charge in [0, 0.05) is 18.7 Å². The highest BCUT2D eigenvalue weighted by molar-refractivity contribution is 6.46. The average Bonchev–Trinajstić information content (AvgIpc) is 3.46. The molecular formula is C25H29NO6. The first kappa shape index (κ1) is 22.1. The lowest BCUT2D eigenvalue weighted by Crippen LogP contribution is -2.36. The molecule has 170 valence electrons. The van der Waals surface area contributed by atoms with E-state index in [0.29, 0.717) is 29.4 Å². The molecule has 1 aromatic carbocycles. The Morgan fingerprint density at radius 2 is 2.00 bits per heavy atom. The summed E-state index contributed by atoms with van der Waals surface area (Å²) in [4.78, 5) is 27.5. The van der Waals surface area contributed by atoms with Gasteiger partial charge in [0.25, 0.3) is 11.7 Å². The van der Waals surface area contributed by atoms with Crippen molar-refractivity contribution in [2.45, 2.75) is 58.8 Å². The van der Waals surface area contributed by atoms with Crippen molar-refractivity contribution in [2.24, 2.45) is 0 Å². The Hall–Kier alpha value is -3.06. The molecule has 0 radical (unpaired) electrons. The van der Waals surface area contributed by atoms with Crippen molar-refractivity contribution in [1.82, 2.24) is 4.90 Å².